The largest absolute Gasteiger partial charge is 0.447 e. The lowest BCUT2D eigenvalue weighted by Gasteiger charge is -2.23. The Kier molecular flexibility index (Phi) is 7.64. The van der Waals surface area contributed by atoms with Crippen molar-refractivity contribution in [3.63, 3.8) is 0 Å². The van der Waals surface area contributed by atoms with Crippen LogP contribution < -0.4 is 5.32 Å². The van der Waals surface area contributed by atoms with E-state index in [2.05, 4.69) is 10.3 Å². The molecule has 0 unspecified atom stereocenters. The highest BCUT2D eigenvalue weighted by Crippen LogP contribution is 2.32. The smallest absolute Gasteiger partial charge is 0.416 e. The number of amides is 1. The fourth-order valence-electron chi connectivity index (χ4n) is 3.97. The van der Waals surface area contributed by atoms with Gasteiger partial charge in [-0.05, 0) is 30.0 Å². The fraction of sp³-hybridized carbons (Fsp3) is 0.360. The first-order valence-corrected chi connectivity index (χ1v) is 11.1. The van der Waals surface area contributed by atoms with E-state index in [1.807, 2.05) is 30.3 Å². The van der Waals surface area contributed by atoms with Gasteiger partial charge in [0.15, 0.2) is 5.69 Å². The molecule has 34 heavy (non-hydrogen) atoms. The number of hydrogen-bond acceptors (Lipinski definition) is 5. The summed E-state index contributed by atoms with van der Waals surface area (Å²) in [6.45, 7) is 1.66. The minimum Gasteiger partial charge on any atom is -0.447 e. The van der Waals surface area contributed by atoms with Crippen LogP contribution in [-0.4, -0.2) is 35.0 Å². The summed E-state index contributed by atoms with van der Waals surface area (Å²) in [7, 11) is 0. The molecule has 1 aliphatic rings. The molecule has 0 bridgehead atoms. The number of nitrogens with zero attached hydrogens (tertiary/aromatic N) is 2. The van der Waals surface area contributed by atoms with Gasteiger partial charge in [-0.25, -0.2) is 4.98 Å². The van der Waals surface area contributed by atoms with Crippen LogP contribution in [0.2, 0.25) is 0 Å². The zero-order valence-electron chi connectivity index (χ0n) is 18.6. The van der Waals surface area contributed by atoms with E-state index in [4.69, 9.17) is 9.15 Å². The van der Waals surface area contributed by atoms with Gasteiger partial charge in [0.1, 0.15) is 6.26 Å². The molecule has 1 saturated heterocycles. The Hall–Kier alpha value is -3.17. The van der Waals surface area contributed by atoms with E-state index in [1.165, 1.54) is 18.4 Å². The third kappa shape index (κ3) is 6.45. The summed E-state index contributed by atoms with van der Waals surface area (Å²) in [5.41, 5.74) is 0.554. The normalized spacial score (nSPS) is 16.2. The number of alkyl halides is 3. The van der Waals surface area contributed by atoms with Crippen LogP contribution in [0.1, 0.15) is 45.9 Å². The number of carbonyl (C=O) groups is 1. The second-order valence-electron chi connectivity index (χ2n) is 8.26. The van der Waals surface area contributed by atoms with E-state index in [-0.39, 0.29) is 42.2 Å². The molecule has 1 N–H and O–H groups in total. The maximum absolute atomic E-state index is 13.5. The summed E-state index contributed by atoms with van der Waals surface area (Å²) >= 11 is 0. The van der Waals surface area contributed by atoms with Gasteiger partial charge in [-0.3, -0.25) is 9.69 Å². The molecule has 2 heterocycles. The highest BCUT2D eigenvalue weighted by atomic mass is 19.4. The zero-order chi connectivity index (χ0) is 24.0. The van der Waals surface area contributed by atoms with E-state index in [9.17, 15) is 18.0 Å². The molecule has 9 heteroatoms. The Morgan fingerprint density at radius 1 is 1.06 bits per heavy atom. The van der Waals surface area contributed by atoms with Crippen LogP contribution in [0.5, 0.6) is 0 Å². The van der Waals surface area contributed by atoms with Gasteiger partial charge in [0.05, 0.1) is 18.2 Å². The lowest BCUT2D eigenvalue weighted by Crippen LogP contribution is -2.32. The van der Waals surface area contributed by atoms with Crippen molar-refractivity contribution in [1.82, 2.24) is 15.2 Å². The standard InChI is InChI=1S/C25H26F3N3O3/c26-25(27,28)21-11-5-4-9-19(21)15-31(14-18-7-2-1-3-8-18)16-23-30-22(17-34-23)24(32)29-13-20-10-6-12-33-20/h1-5,7-9,11,17,20H,6,10,12-16H2,(H,29,32)/t20-/m1/s1. The summed E-state index contributed by atoms with van der Waals surface area (Å²) in [4.78, 5) is 18.5. The number of nitrogens with one attached hydrogen (secondary N) is 1. The van der Waals surface area contributed by atoms with Crippen LogP contribution >= 0.6 is 0 Å². The minimum atomic E-state index is -4.45. The maximum atomic E-state index is 13.5. The fourth-order valence-corrected chi connectivity index (χ4v) is 3.97. The van der Waals surface area contributed by atoms with E-state index in [0.29, 0.717) is 19.7 Å². The topological polar surface area (TPSA) is 67.6 Å². The second kappa shape index (κ2) is 10.8. The number of aromatic nitrogens is 1. The van der Waals surface area contributed by atoms with Crippen LogP contribution in [0.3, 0.4) is 0 Å². The first-order chi connectivity index (χ1) is 16.4. The number of ether oxygens (including phenoxy) is 1. The van der Waals surface area contributed by atoms with Crippen molar-refractivity contribution in [2.45, 2.75) is 44.8 Å². The summed E-state index contributed by atoms with van der Waals surface area (Å²) in [6.07, 6.45) is -1.30. The maximum Gasteiger partial charge on any atom is 0.416 e. The molecule has 4 rings (SSSR count). The molecular formula is C25H26F3N3O3. The number of hydrogen-bond donors (Lipinski definition) is 1. The second-order valence-corrected chi connectivity index (χ2v) is 8.26. The number of rotatable bonds is 9. The lowest BCUT2D eigenvalue weighted by atomic mass is 10.1. The number of halogens is 3. The average molecular weight is 473 g/mol. The van der Waals surface area contributed by atoms with E-state index >= 15 is 0 Å². The van der Waals surface area contributed by atoms with Gasteiger partial charge >= 0.3 is 6.18 Å². The van der Waals surface area contributed by atoms with Crippen LogP contribution in [0.15, 0.2) is 65.3 Å². The molecule has 180 valence electrons. The molecular weight excluding hydrogens is 447 g/mol. The molecule has 1 aliphatic heterocycles. The number of oxazole rings is 1. The van der Waals surface area contributed by atoms with Gasteiger partial charge in [-0.15, -0.1) is 0 Å². The summed E-state index contributed by atoms with van der Waals surface area (Å²) in [6, 6.07) is 15.0. The Morgan fingerprint density at radius 3 is 2.56 bits per heavy atom. The van der Waals surface area contributed by atoms with Crippen molar-refractivity contribution in [2.24, 2.45) is 0 Å². The Balaban J connectivity index is 1.47. The van der Waals surface area contributed by atoms with Crippen molar-refractivity contribution in [3.8, 4) is 0 Å². The van der Waals surface area contributed by atoms with Crippen LogP contribution in [0.4, 0.5) is 13.2 Å². The first kappa shape index (κ1) is 24.0. The van der Waals surface area contributed by atoms with Gasteiger partial charge in [-0.1, -0.05) is 48.5 Å². The van der Waals surface area contributed by atoms with E-state index in [1.54, 1.807) is 11.0 Å². The third-order valence-electron chi connectivity index (χ3n) is 5.62. The third-order valence-corrected chi connectivity index (χ3v) is 5.62. The molecule has 6 nitrogen and oxygen atoms in total. The molecule has 0 saturated carbocycles. The summed E-state index contributed by atoms with van der Waals surface area (Å²) < 4.78 is 51.6. The predicted molar refractivity (Wildman–Crippen MR) is 119 cm³/mol. The molecule has 1 atom stereocenters. The SMILES string of the molecule is O=C(NC[C@H]1CCCO1)c1coc(CN(Cc2ccccc2)Cc2ccccc2C(F)(F)F)n1. The zero-order valence-corrected chi connectivity index (χ0v) is 18.6. The van der Waals surface area contributed by atoms with E-state index in [0.717, 1.165) is 24.5 Å². The van der Waals surface area contributed by atoms with Gasteiger partial charge in [0.2, 0.25) is 5.89 Å². The average Bonchev–Trinajstić information content (AvgIpc) is 3.50. The van der Waals surface area contributed by atoms with Crippen molar-refractivity contribution >= 4 is 5.91 Å². The van der Waals surface area contributed by atoms with Crippen molar-refractivity contribution in [2.75, 3.05) is 13.2 Å². The lowest BCUT2D eigenvalue weighted by molar-refractivity contribution is -0.138. The predicted octanol–water partition coefficient (Wildman–Crippen LogP) is 4.80. The molecule has 1 amide bonds. The van der Waals surface area contributed by atoms with Gasteiger partial charge < -0.3 is 14.5 Å². The Bertz CT molecular complexity index is 1080. The van der Waals surface area contributed by atoms with E-state index < -0.39 is 11.7 Å². The summed E-state index contributed by atoms with van der Waals surface area (Å²) in [5.74, 6) is -0.120. The number of benzene rings is 2. The van der Waals surface area contributed by atoms with Crippen molar-refractivity contribution < 1.29 is 27.1 Å². The van der Waals surface area contributed by atoms with Crippen LogP contribution in [-0.2, 0) is 30.5 Å². The van der Waals surface area contributed by atoms with Crippen molar-refractivity contribution in [3.05, 3.63) is 89.1 Å². The molecule has 1 fully saturated rings. The first-order valence-electron chi connectivity index (χ1n) is 11.1. The molecule has 3 aromatic rings. The van der Waals surface area contributed by atoms with Gasteiger partial charge in [-0.2, -0.15) is 13.2 Å². The number of carbonyl (C=O) groups excluding carboxylic acids is 1. The molecule has 0 aliphatic carbocycles. The molecule has 0 spiro atoms. The van der Waals surface area contributed by atoms with Gasteiger partial charge in [0, 0.05) is 26.2 Å². The quantitative estimate of drug-likeness (QED) is 0.483. The van der Waals surface area contributed by atoms with Gasteiger partial charge in [0.25, 0.3) is 5.91 Å². The monoisotopic (exact) mass is 473 g/mol. The molecule has 1 aromatic heterocycles. The highest BCUT2D eigenvalue weighted by molar-refractivity contribution is 5.91. The molecule has 0 radical (unpaired) electrons. The summed E-state index contributed by atoms with van der Waals surface area (Å²) in [5, 5.41) is 2.79. The Labute approximate surface area is 195 Å². The highest BCUT2D eigenvalue weighted by Gasteiger charge is 2.33. The van der Waals surface area contributed by atoms with Crippen LogP contribution in [0, 0.1) is 0 Å². The Morgan fingerprint density at radius 2 is 1.82 bits per heavy atom. The van der Waals surface area contributed by atoms with Crippen LogP contribution in [0.25, 0.3) is 0 Å². The molecule has 2 aromatic carbocycles. The van der Waals surface area contributed by atoms with Crippen molar-refractivity contribution in [1.29, 1.82) is 0 Å². The minimum absolute atomic E-state index is 0.00499.